The number of rotatable bonds is 7. The molecule has 0 radical (unpaired) electrons. The molecule has 0 bridgehead atoms. The molecule has 1 amide bonds. The van der Waals surface area contributed by atoms with E-state index >= 15 is 0 Å². The van der Waals surface area contributed by atoms with Crippen molar-refractivity contribution in [2.75, 3.05) is 31.6 Å². The Bertz CT molecular complexity index is 1020. The van der Waals surface area contributed by atoms with Gasteiger partial charge in [0.05, 0.1) is 23.1 Å². The van der Waals surface area contributed by atoms with Gasteiger partial charge in [-0.1, -0.05) is 35.1 Å². The number of anilines is 1. The Kier molecular flexibility index (Phi) is 6.95. The van der Waals surface area contributed by atoms with E-state index in [-0.39, 0.29) is 23.9 Å². The summed E-state index contributed by atoms with van der Waals surface area (Å²) < 4.78 is 32.4. The second-order valence-corrected chi connectivity index (χ2v) is 11.4. The largest absolute Gasteiger partial charge is 0.390 e. The third-order valence-electron chi connectivity index (χ3n) is 5.68. The molecule has 168 valence electrons. The maximum atomic E-state index is 13.1. The molecule has 2 saturated heterocycles. The number of ether oxygens (including phenoxy) is 1. The summed E-state index contributed by atoms with van der Waals surface area (Å²) in [5.74, 6) is -0.303. The van der Waals surface area contributed by atoms with Crippen molar-refractivity contribution in [1.29, 1.82) is 0 Å². The zero-order valence-electron chi connectivity index (χ0n) is 16.7. The summed E-state index contributed by atoms with van der Waals surface area (Å²) in [6.07, 6.45) is 3.29. The number of thiazole rings is 1. The van der Waals surface area contributed by atoms with Crippen LogP contribution in [0.3, 0.4) is 0 Å². The van der Waals surface area contributed by atoms with E-state index in [1.54, 1.807) is 12.1 Å². The average Bonchev–Trinajstić information content (AvgIpc) is 3.15. The predicted molar refractivity (Wildman–Crippen MR) is 118 cm³/mol. The van der Waals surface area contributed by atoms with Gasteiger partial charge < -0.3 is 15.2 Å². The highest BCUT2D eigenvalue weighted by Gasteiger charge is 2.36. The Morgan fingerprint density at radius 2 is 1.97 bits per heavy atom. The Labute approximate surface area is 190 Å². The molecule has 2 fully saturated rings. The average molecular weight is 486 g/mol. The summed E-state index contributed by atoms with van der Waals surface area (Å²) in [5.41, 5.74) is 0.745. The molecule has 2 aliphatic heterocycles. The van der Waals surface area contributed by atoms with Crippen LogP contribution in [0.2, 0.25) is 4.34 Å². The molecule has 4 rings (SSSR count). The molecule has 1 unspecified atom stereocenters. The van der Waals surface area contributed by atoms with E-state index in [0.717, 1.165) is 18.4 Å². The van der Waals surface area contributed by atoms with Crippen molar-refractivity contribution < 1.29 is 23.1 Å². The van der Waals surface area contributed by atoms with Crippen LogP contribution in [0.25, 0.3) is 0 Å². The molecule has 8 nitrogen and oxygen atoms in total. The molecule has 1 aromatic heterocycles. The van der Waals surface area contributed by atoms with Crippen molar-refractivity contribution in [1.82, 2.24) is 9.29 Å². The van der Waals surface area contributed by atoms with E-state index in [9.17, 15) is 18.3 Å². The van der Waals surface area contributed by atoms with Crippen molar-refractivity contribution in [3.05, 3.63) is 40.4 Å². The second-order valence-electron chi connectivity index (χ2n) is 7.85. The maximum absolute atomic E-state index is 13.1. The molecular formula is C20H24ClN3O5S2. The van der Waals surface area contributed by atoms with Gasteiger partial charge in [-0.3, -0.25) is 4.79 Å². The first-order valence-electron chi connectivity index (χ1n) is 10.1. The Morgan fingerprint density at radius 1 is 1.29 bits per heavy atom. The van der Waals surface area contributed by atoms with Crippen LogP contribution in [0.4, 0.5) is 5.13 Å². The normalized spacial score (nSPS) is 19.7. The minimum absolute atomic E-state index is 0.106. The summed E-state index contributed by atoms with van der Waals surface area (Å²) in [5, 5.41) is 12.7. The molecule has 11 heteroatoms. The number of nitrogens with one attached hydrogen (secondary N) is 1. The van der Waals surface area contributed by atoms with Crippen LogP contribution in [0.15, 0.2) is 35.4 Å². The first-order chi connectivity index (χ1) is 14.8. The molecule has 0 aliphatic carbocycles. The number of hydrogen-bond acceptors (Lipinski definition) is 7. The Morgan fingerprint density at radius 3 is 2.55 bits per heavy atom. The minimum Gasteiger partial charge on any atom is -0.390 e. The third kappa shape index (κ3) is 5.27. The molecule has 3 heterocycles. The van der Waals surface area contributed by atoms with Crippen LogP contribution < -0.4 is 5.32 Å². The van der Waals surface area contributed by atoms with Crippen molar-refractivity contribution in [2.45, 2.75) is 36.2 Å². The number of nitrogens with zero attached hydrogens (tertiary/aromatic N) is 2. The summed E-state index contributed by atoms with van der Waals surface area (Å²) in [6, 6.07) is 6.45. The number of carbonyl (C=O) groups excluding carboxylic acids is 1. The molecular weight excluding hydrogens is 462 g/mol. The van der Waals surface area contributed by atoms with Crippen LogP contribution >= 0.6 is 22.9 Å². The number of aliphatic hydroxyl groups is 1. The van der Waals surface area contributed by atoms with Crippen LogP contribution in [-0.2, 0) is 19.6 Å². The molecule has 1 aromatic carbocycles. The number of halogens is 1. The van der Waals surface area contributed by atoms with Crippen molar-refractivity contribution in [3.63, 3.8) is 0 Å². The monoisotopic (exact) mass is 485 g/mol. The van der Waals surface area contributed by atoms with E-state index in [0.29, 0.717) is 35.0 Å². The maximum Gasteiger partial charge on any atom is 0.243 e. The van der Waals surface area contributed by atoms with Gasteiger partial charge in [0.15, 0.2) is 5.13 Å². The van der Waals surface area contributed by atoms with E-state index in [4.69, 9.17) is 16.3 Å². The zero-order valence-corrected chi connectivity index (χ0v) is 19.1. The van der Waals surface area contributed by atoms with Crippen molar-refractivity contribution in [2.24, 2.45) is 5.92 Å². The SMILES string of the molecule is O=C(Nc1ncc(Cl)s1)C(CC1CCOCC1)c1ccc(S(=O)(=O)N2CC(O)C2)cc1. The van der Waals surface area contributed by atoms with Crippen LogP contribution in [0, 0.1) is 5.92 Å². The number of benzene rings is 1. The third-order valence-corrected chi connectivity index (χ3v) is 8.56. The van der Waals surface area contributed by atoms with Crippen LogP contribution in [0.1, 0.15) is 30.7 Å². The van der Waals surface area contributed by atoms with E-state index in [2.05, 4.69) is 10.3 Å². The van der Waals surface area contributed by atoms with Gasteiger partial charge >= 0.3 is 0 Å². The molecule has 2 aliphatic rings. The van der Waals surface area contributed by atoms with Crippen molar-refractivity contribution in [3.8, 4) is 0 Å². The van der Waals surface area contributed by atoms with Gasteiger partial charge in [-0.25, -0.2) is 13.4 Å². The lowest BCUT2D eigenvalue weighted by Gasteiger charge is -2.34. The molecule has 2 N–H and O–H groups in total. The van der Waals surface area contributed by atoms with E-state index < -0.39 is 22.0 Å². The summed E-state index contributed by atoms with van der Waals surface area (Å²) in [4.78, 5) is 17.4. The summed E-state index contributed by atoms with van der Waals surface area (Å²) >= 11 is 7.11. The van der Waals surface area contributed by atoms with Gasteiger partial charge in [0, 0.05) is 26.3 Å². The number of sulfonamides is 1. The quantitative estimate of drug-likeness (QED) is 0.624. The minimum atomic E-state index is -3.64. The molecule has 2 aromatic rings. The molecule has 31 heavy (non-hydrogen) atoms. The number of carbonyl (C=O) groups is 1. The number of aromatic nitrogens is 1. The lowest BCUT2D eigenvalue weighted by atomic mass is 9.84. The lowest BCUT2D eigenvalue weighted by Crippen LogP contribution is -2.53. The number of aliphatic hydroxyl groups excluding tert-OH is 1. The standard InChI is InChI=1S/C20H24ClN3O5S2/c21-18-10-22-20(30-18)23-19(26)17(9-13-5-7-29-8-6-13)14-1-3-16(4-2-14)31(27,28)24-11-15(25)12-24/h1-4,10,13,15,17,25H,5-9,11-12H2,(H,22,23,26). The smallest absolute Gasteiger partial charge is 0.243 e. The molecule has 0 spiro atoms. The summed E-state index contributed by atoms with van der Waals surface area (Å²) in [7, 11) is -3.64. The van der Waals surface area contributed by atoms with Gasteiger partial charge in [-0.15, -0.1) is 0 Å². The van der Waals surface area contributed by atoms with E-state index in [1.807, 2.05) is 0 Å². The number of β-amino-alcohol motifs (C(OH)–C–C–N with tert-alkyl or cyclic N) is 1. The summed E-state index contributed by atoms with van der Waals surface area (Å²) in [6.45, 7) is 1.57. The highest BCUT2D eigenvalue weighted by atomic mass is 35.5. The fourth-order valence-corrected chi connectivity index (χ4v) is 6.18. The van der Waals surface area contributed by atoms with Crippen molar-refractivity contribution >= 4 is 44.0 Å². The van der Waals surface area contributed by atoms with E-state index in [1.165, 1.54) is 34.0 Å². The zero-order chi connectivity index (χ0) is 22.0. The predicted octanol–water partition coefficient (Wildman–Crippen LogP) is 2.70. The first kappa shape index (κ1) is 22.6. The Balaban J connectivity index is 1.54. The van der Waals surface area contributed by atoms with Gasteiger partial charge in [-0.05, 0) is 42.9 Å². The van der Waals surface area contributed by atoms with Gasteiger partial charge in [0.25, 0.3) is 0 Å². The first-order valence-corrected chi connectivity index (χ1v) is 12.7. The van der Waals surface area contributed by atoms with Gasteiger partial charge in [-0.2, -0.15) is 4.31 Å². The topological polar surface area (TPSA) is 109 Å². The highest BCUT2D eigenvalue weighted by molar-refractivity contribution is 7.89. The van der Waals surface area contributed by atoms with Gasteiger partial charge in [0.2, 0.25) is 15.9 Å². The number of hydrogen-bond donors (Lipinski definition) is 2. The lowest BCUT2D eigenvalue weighted by molar-refractivity contribution is -0.118. The van der Waals surface area contributed by atoms with Crippen LogP contribution in [-0.4, -0.2) is 61.1 Å². The number of amides is 1. The fourth-order valence-electron chi connectivity index (χ4n) is 3.85. The molecule has 1 atom stereocenters. The fraction of sp³-hybridized carbons (Fsp3) is 0.500. The Hall–Kier alpha value is -1.56. The molecule has 0 saturated carbocycles. The van der Waals surface area contributed by atoms with Gasteiger partial charge in [0.1, 0.15) is 4.34 Å². The highest BCUT2D eigenvalue weighted by Crippen LogP contribution is 2.32. The second kappa shape index (κ2) is 9.51. The van der Waals surface area contributed by atoms with Crippen LogP contribution in [0.5, 0.6) is 0 Å².